The number of nitrogens with zero attached hydrogens (tertiary/aromatic N) is 1. The van der Waals surface area contributed by atoms with Gasteiger partial charge in [0.05, 0.1) is 12.4 Å². The maximum atomic E-state index is 12.5. The van der Waals surface area contributed by atoms with E-state index >= 15 is 0 Å². The number of pyridine rings is 1. The van der Waals surface area contributed by atoms with Crippen LogP contribution in [0.1, 0.15) is 0 Å². The molecule has 0 unspecified atom stereocenters. The van der Waals surface area contributed by atoms with E-state index in [1.807, 2.05) is 7.05 Å². The standard InChI is InChI=1S/C8H11FN2O/c1-10-2-3-12-8-4-7(9)5-11-6-8/h4-6,10H,2-3H2,1H3. The first-order valence-corrected chi connectivity index (χ1v) is 3.71. The van der Waals surface area contributed by atoms with Crippen LogP contribution in [0.25, 0.3) is 0 Å². The number of halogens is 1. The maximum Gasteiger partial charge on any atom is 0.145 e. The number of likely N-dealkylation sites (N-methyl/N-ethyl adjacent to an activating group) is 1. The smallest absolute Gasteiger partial charge is 0.145 e. The van der Waals surface area contributed by atoms with Gasteiger partial charge in [-0.2, -0.15) is 0 Å². The van der Waals surface area contributed by atoms with Crippen LogP contribution >= 0.6 is 0 Å². The van der Waals surface area contributed by atoms with E-state index in [-0.39, 0.29) is 5.82 Å². The predicted octanol–water partition coefficient (Wildman–Crippen LogP) is 0.819. The third-order valence-electron chi connectivity index (χ3n) is 1.30. The van der Waals surface area contributed by atoms with Crippen LogP contribution in [-0.4, -0.2) is 25.2 Å². The van der Waals surface area contributed by atoms with Crippen molar-refractivity contribution < 1.29 is 9.13 Å². The van der Waals surface area contributed by atoms with E-state index in [1.165, 1.54) is 12.3 Å². The quantitative estimate of drug-likeness (QED) is 0.679. The molecule has 0 aromatic carbocycles. The van der Waals surface area contributed by atoms with Crippen LogP contribution in [0.5, 0.6) is 5.75 Å². The van der Waals surface area contributed by atoms with Gasteiger partial charge in [-0.15, -0.1) is 0 Å². The first-order chi connectivity index (χ1) is 5.83. The fourth-order valence-corrected chi connectivity index (χ4v) is 0.742. The number of ether oxygens (including phenoxy) is 1. The Kier molecular flexibility index (Phi) is 3.47. The first-order valence-electron chi connectivity index (χ1n) is 3.71. The predicted molar refractivity (Wildman–Crippen MR) is 43.6 cm³/mol. The summed E-state index contributed by atoms with van der Waals surface area (Å²) in [6.07, 6.45) is 2.63. The highest BCUT2D eigenvalue weighted by Gasteiger charge is 1.95. The largest absolute Gasteiger partial charge is 0.491 e. The Morgan fingerprint density at radius 3 is 3.08 bits per heavy atom. The fraction of sp³-hybridized carbons (Fsp3) is 0.375. The van der Waals surface area contributed by atoms with Crippen LogP contribution in [0.15, 0.2) is 18.5 Å². The summed E-state index contributed by atoms with van der Waals surface area (Å²) < 4.78 is 17.7. The monoisotopic (exact) mass is 170 g/mol. The summed E-state index contributed by atoms with van der Waals surface area (Å²) in [7, 11) is 1.83. The molecular formula is C8H11FN2O. The molecule has 1 rings (SSSR count). The molecule has 1 aromatic rings. The molecule has 0 saturated heterocycles. The molecule has 4 heteroatoms. The Labute approximate surface area is 70.6 Å². The second-order valence-electron chi connectivity index (χ2n) is 2.29. The summed E-state index contributed by atoms with van der Waals surface area (Å²) in [6.45, 7) is 1.25. The Balaban J connectivity index is 2.41. The minimum atomic E-state index is -0.378. The molecule has 1 N–H and O–H groups in total. The van der Waals surface area contributed by atoms with E-state index in [4.69, 9.17) is 4.74 Å². The molecule has 0 bridgehead atoms. The van der Waals surface area contributed by atoms with Crippen molar-refractivity contribution in [2.45, 2.75) is 0 Å². The van der Waals surface area contributed by atoms with Gasteiger partial charge in [-0.3, -0.25) is 4.98 Å². The fourth-order valence-electron chi connectivity index (χ4n) is 0.742. The van der Waals surface area contributed by atoms with Crippen LogP contribution in [0.3, 0.4) is 0 Å². The SMILES string of the molecule is CNCCOc1cncc(F)c1. The highest BCUT2D eigenvalue weighted by atomic mass is 19.1. The normalized spacial score (nSPS) is 9.83. The van der Waals surface area contributed by atoms with Gasteiger partial charge in [-0.25, -0.2) is 4.39 Å². The average Bonchev–Trinajstić information content (AvgIpc) is 2.05. The molecule has 3 nitrogen and oxygen atoms in total. The highest BCUT2D eigenvalue weighted by Crippen LogP contribution is 2.08. The molecule has 0 amide bonds. The number of rotatable bonds is 4. The minimum Gasteiger partial charge on any atom is -0.491 e. The van der Waals surface area contributed by atoms with Gasteiger partial charge in [0.2, 0.25) is 0 Å². The molecule has 0 aliphatic heterocycles. The molecular weight excluding hydrogens is 159 g/mol. The van der Waals surface area contributed by atoms with Gasteiger partial charge in [-0.1, -0.05) is 0 Å². The van der Waals surface area contributed by atoms with Crippen molar-refractivity contribution in [3.05, 3.63) is 24.3 Å². The van der Waals surface area contributed by atoms with E-state index in [2.05, 4.69) is 10.3 Å². The molecule has 1 heterocycles. The molecule has 0 radical (unpaired) electrons. The second kappa shape index (κ2) is 4.66. The lowest BCUT2D eigenvalue weighted by Gasteiger charge is -2.03. The molecule has 1 aromatic heterocycles. The zero-order valence-electron chi connectivity index (χ0n) is 6.88. The summed E-state index contributed by atoms with van der Waals surface area (Å²) >= 11 is 0. The first kappa shape index (κ1) is 8.93. The number of aromatic nitrogens is 1. The second-order valence-corrected chi connectivity index (χ2v) is 2.29. The lowest BCUT2D eigenvalue weighted by molar-refractivity contribution is 0.315. The van der Waals surface area contributed by atoms with Gasteiger partial charge in [0.1, 0.15) is 18.2 Å². The Morgan fingerprint density at radius 1 is 1.58 bits per heavy atom. The van der Waals surface area contributed by atoms with Crippen LogP contribution < -0.4 is 10.1 Å². The topological polar surface area (TPSA) is 34.1 Å². The van der Waals surface area contributed by atoms with Gasteiger partial charge in [0.15, 0.2) is 0 Å². The molecule has 66 valence electrons. The van der Waals surface area contributed by atoms with Crippen LogP contribution in [0, 0.1) is 5.82 Å². The zero-order chi connectivity index (χ0) is 8.81. The lowest BCUT2D eigenvalue weighted by atomic mass is 10.4. The third-order valence-corrected chi connectivity index (χ3v) is 1.30. The molecule has 0 aliphatic rings. The summed E-state index contributed by atoms with van der Waals surface area (Å²) in [5, 5.41) is 2.91. The summed E-state index contributed by atoms with van der Waals surface area (Å²) in [6, 6.07) is 1.31. The van der Waals surface area contributed by atoms with Crippen molar-refractivity contribution in [1.29, 1.82) is 0 Å². The van der Waals surface area contributed by atoms with Gasteiger partial charge in [-0.05, 0) is 7.05 Å². The highest BCUT2D eigenvalue weighted by molar-refractivity contribution is 5.16. The Bertz CT molecular complexity index is 242. The summed E-state index contributed by atoms with van der Waals surface area (Å²) in [4.78, 5) is 3.64. The van der Waals surface area contributed by atoms with Crippen molar-refractivity contribution in [2.24, 2.45) is 0 Å². The van der Waals surface area contributed by atoms with Crippen LogP contribution in [0.2, 0.25) is 0 Å². The molecule has 0 spiro atoms. The van der Waals surface area contributed by atoms with E-state index in [1.54, 1.807) is 0 Å². The molecule has 0 aliphatic carbocycles. The van der Waals surface area contributed by atoms with E-state index < -0.39 is 0 Å². The Hall–Kier alpha value is -1.16. The van der Waals surface area contributed by atoms with Crippen LogP contribution in [-0.2, 0) is 0 Å². The van der Waals surface area contributed by atoms with Gasteiger partial charge >= 0.3 is 0 Å². The van der Waals surface area contributed by atoms with E-state index in [0.29, 0.717) is 12.4 Å². The zero-order valence-corrected chi connectivity index (χ0v) is 6.88. The molecule has 0 atom stereocenters. The minimum absolute atomic E-state index is 0.378. The van der Waals surface area contributed by atoms with Crippen molar-refractivity contribution in [3.63, 3.8) is 0 Å². The molecule has 0 saturated carbocycles. The van der Waals surface area contributed by atoms with Crippen molar-refractivity contribution in [1.82, 2.24) is 10.3 Å². The number of hydrogen-bond acceptors (Lipinski definition) is 3. The maximum absolute atomic E-state index is 12.5. The van der Waals surface area contributed by atoms with Gasteiger partial charge in [0.25, 0.3) is 0 Å². The van der Waals surface area contributed by atoms with Crippen molar-refractivity contribution in [3.8, 4) is 5.75 Å². The van der Waals surface area contributed by atoms with Gasteiger partial charge in [0, 0.05) is 12.6 Å². The lowest BCUT2D eigenvalue weighted by Crippen LogP contribution is -2.15. The molecule has 0 fully saturated rings. The average molecular weight is 170 g/mol. The summed E-state index contributed by atoms with van der Waals surface area (Å²) in [5.41, 5.74) is 0. The summed E-state index contributed by atoms with van der Waals surface area (Å²) in [5.74, 6) is 0.0854. The van der Waals surface area contributed by atoms with Crippen LogP contribution in [0.4, 0.5) is 4.39 Å². The Morgan fingerprint density at radius 2 is 2.42 bits per heavy atom. The number of nitrogens with one attached hydrogen (secondary N) is 1. The van der Waals surface area contributed by atoms with Crippen molar-refractivity contribution >= 4 is 0 Å². The van der Waals surface area contributed by atoms with E-state index in [9.17, 15) is 4.39 Å². The van der Waals surface area contributed by atoms with Gasteiger partial charge < -0.3 is 10.1 Å². The molecule has 12 heavy (non-hydrogen) atoms. The third kappa shape index (κ3) is 2.84. The van der Waals surface area contributed by atoms with Crippen molar-refractivity contribution in [2.75, 3.05) is 20.2 Å². The van der Waals surface area contributed by atoms with E-state index in [0.717, 1.165) is 12.7 Å². The number of hydrogen-bond donors (Lipinski definition) is 1.